The van der Waals surface area contributed by atoms with E-state index in [2.05, 4.69) is 43.9 Å². The summed E-state index contributed by atoms with van der Waals surface area (Å²) in [7, 11) is 0. The number of hydrogen-bond acceptors (Lipinski definition) is 4. The summed E-state index contributed by atoms with van der Waals surface area (Å²) in [5, 5.41) is 3.26. The molecule has 1 aromatic carbocycles. The maximum Gasteiger partial charge on any atom is 0.161 e. The van der Waals surface area contributed by atoms with Crippen molar-refractivity contribution < 1.29 is 9.47 Å². The summed E-state index contributed by atoms with van der Waals surface area (Å²) in [4.78, 5) is 0. The molecule has 0 unspecified atom stereocenters. The maximum atomic E-state index is 5.60. The molecule has 0 atom stereocenters. The third-order valence-electron chi connectivity index (χ3n) is 3.00. The number of fused-ring (bicyclic) bond motifs is 1. The van der Waals surface area contributed by atoms with Gasteiger partial charge in [-0.1, -0.05) is 19.9 Å². The van der Waals surface area contributed by atoms with Gasteiger partial charge in [-0.15, -0.1) is 0 Å². The first kappa shape index (κ1) is 12.6. The van der Waals surface area contributed by atoms with Crippen LogP contribution in [0.4, 0.5) is 0 Å². The molecule has 3 nitrogen and oxygen atoms in total. The zero-order chi connectivity index (χ0) is 12.3. The van der Waals surface area contributed by atoms with Crippen molar-refractivity contribution in [3.8, 4) is 11.5 Å². The van der Waals surface area contributed by atoms with Gasteiger partial charge in [0.05, 0.1) is 0 Å². The number of rotatable bonds is 4. The molecule has 2 rings (SSSR count). The van der Waals surface area contributed by atoms with Crippen LogP contribution in [0, 0.1) is 0 Å². The standard InChI is InChI=1S/C13H19NO2S/c1-13(2,8-14-9-17)10-3-4-11-12(7-10)16-6-5-15-11/h3-4,7,14,17H,5-6,8-9H2,1-2H3. The van der Waals surface area contributed by atoms with Crippen molar-refractivity contribution in [1.82, 2.24) is 5.32 Å². The topological polar surface area (TPSA) is 30.5 Å². The monoisotopic (exact) mass is 253 g/mol. The Hall–Kier alpha value is -0.870. The Bertz CT molecular complexity index is 393. The Morgan fingerprint density at radius 3 is 2.65 bits per heavy atom. The highest BCUT2D eigenvalue weighted by atomic mass is 32.1. The summed E-state index contributed by atoms with van der Waals surface area (Å²) < 4.78 is 11.1. The van der Waals surface area contributed by atoms with Crippen LogP contribution in [0.1, 0.15) is 19.4 Å². The third-order valence-corrected chi connectivity index (χ3v) is 3.23. The molecule has 0 spiro atoms. The molecule has 1 aromatic rings. The zero-order valence-electron chi connectivity index (χ0n) is 10.3. The van der Waals surface area contributed by atoms with Gasteiger partial charge in [0.2, 0.25) is 0 Å². The molecule has 0 saturated heterocycles. The minimum absolute atomic E-state index is 0.0541. The Morgan fingerprint density at radius 1 is 1.24 bits per heavy atom. The minimum Gasteiger partial charge on any atom is -0.486 e. The van der Waals surface area contributed by atoms with Crippen LogP contribution >= 0.6 is 12.6 Å². The summed E-state index contributed by atoms with van der Waals surface area (Å²) in [5.41, 5.74) is 1.30. The van der Waals surface area contributed by atoms with Crippen LogP contribution < -0.4 is 14.8 Å². The van der Waals surface area contributed by atoms with E-state index in [0.29, 0.717) is 19.1 Å². The van der Waals surface area contributed by atoms with Gasteiger partial charge in [-0.3, -0.25) is 0 Å². The predicted molar refractivity (Wildman–Crippen MR) is 72.3 cm³/mol. The lowest BCUT2D eigenvalue weighted by Gasteiger charge is -2.27. The Balaban J connectivity index is 2.20. The molecule has 17 heavy (non-hydrogen) atoms. The Kier molecular flexibility index (Phi) is 3.84. The molecule has 4 heteroatoms. The van der Waals surface area contributed by atoms with Gasteiger partial charge in [-0.2, -0.15) is 12.6 Å². The van der Waals surface area contributed by atoms with Gasteiger partial charge in [0, 0.05) is 17.8 Å². The van der Waals surface area contributed by atoms with Crippen LogP contribution in [-0.4, -0.2) is 25.6 Å². The van der Waals surface area contributed by atoms with Crippen LogP contribution in [0.15, 0.2) is 18.2 Å². The molecule has 1 aliphatic rings. The van der Waals surface area contributed by atoms with E-state index in [4.69, 9.17) is 9.47 Å². The molecule has 0 fully saturated rings. The van der Waals surface area contributed by atoms with E-state index in [1.165, 1.54) is 5.56 Å². The lowest BCUT2D eigenvalue weighted by molar-refractivity contribution is 0.171. The maximum absolute atomic E-state index is 5.60. The highest BCUT2D eigenvalue weighted by Gasteiger charge is 2.22. The number of ether oxygens (including phenoxy) is 2. The second-order valence-corrected chi connectivity index (χ2v) is 5.14. The molecule has 1 N–H and O–H groups in total. The van der Waals surface area contributed by atoms with Crippen molar-refractivity contribution in [2.75, 3.05) is 25.6 Å². The van der Waals surface area contributed by atoms with E-state index >= 15 is 0 Å². The second kappa shape index (κ2) is 5.19. The van der Waals surface area contributed by atoms with E-state index in [9.17, 15) is 0 Å². The van der Waals surface area contributed by atoms with Gasteiger partial charge in [0.1, 0.15) is 13.2 Å². The third kappa shape index (κ3) is 2.87. The quantitative estimate of drug-likeness (QED) is 0.637. The fraction of sp³-hybridized carbons (Fsp3) is 0.538. The smallest absolute Gasteiger partial charge is 0.161 e. The fourth-order valence-electron chi connectivity index (χ4n) is 1.93. The van der Waals surface area contributed by atoms with Crippen molar-refractivity contribution in [3.05, 3.63) is 23.8 Å². The van der Waals surface area contributed by atoms with Crippen LogP contribution in [0.3, 0.4) is 0 Å². The summed E-state index contributed by atoms with van der Waals surface area (Å²) in [6.07, 6.45) is 0. The first-order valence-corrected chi connectivity index (χ1v) is 6.48. The van der Waals surface area contributed by atoms with Crippen molar-refractivity contribution in [2.45, 2.75) is 19.3 Å². The van der Waals surface area contributed by atoms with Crippen LogP contribution in [0.2, 0.25) is 0 Å². The van der Waals surface area contributed by atoms with Crippen molar-refractivity contribution in [2.24, 2.45) is 0 Å². The highest BCUT2D eigenvalue weighted by molar-refractivity contribution is 7.80. The molecule has 1 aliphatic heterocycles. The number of nitrogens with one attached hydrogen (secondary N) is 1. The van der Waals surface area contributed by atoms with Gasteiger partial charge in [-0.25, -0.2) is 0 Å². The molecule has 0 amide bonds. The molecule has 94 valence electrons. The lowest BCUT2D eigenvalue weighted by atomic mass is 9.84. The van der Waals surface area contributed by atoms with Gasteiger partial charge in [0.15, 0.2) is 11.5 Å². The Morgan fingerprint density at radius 2 is 1.94 bits per heavy atom. The SMILES string of the molecule is CC(C)(CNCS)c1ccc2c(c1)OCCO2. The lowest BCUT2D eigenvalue weighted by Crippen LogP contribution is -2.32. The van der Waals surface area contributed by atoms with E-state index in [-0.39, 0.29) is 5.41 Å². The number of hydrogen-bond donors (Lipinski definition) is 2. The number of benzene rings is 1. The average molecular weight is 253 g/mol. The minimum atomic E-state index is 0.0541. The molecule has 0 radical (unpaired) electrons. The summed E-state index contributed by atoms with van der Waals surface area (Å²) in [5.74, 6) is 2.39. The van der Waals surface area contributed by atoms with E-state index in [1.54, 1.807) is 0 Å². The largest absolute Gasteiger partial charge is 0.486 e. The summed E-state index contributed by atoms with van der Waals surface area (Å²) in [6, 6.07) is 6.18. The molecule has 0 saturated carbocycles. The van der Waals surface area contributed by atoms with E-state index in [0.717, 1.165) is 18.0 Å². The first-order valence-electron chi connectivity index (χ1n) is 5.85. The van der Waals surface area contributed by atoms with Crippen LogP contribution in [-0.2, 0) is 5.41 Å². The van der Waals surface area contributed by atoms with E-state index < -0.39 is 0 Å². The van der Waals surface area contributed by atoms with Gasteiger partial charge < -0.3 is 14.8 Å². The van der Waals surface area contributed by atoms with Crippen molar-refractivity contribution >= 4 is 12.6 Å². The predicted octanol–water partition coefficient (Wildman–Crippen LogP) is 2.21. The van der Waals surface area contributed by atoms with Gasteiger partial charge in [-0.05, 0) is 17.7 Å². The molecule has 1 heterocycles. The molecule has 0 aromatic heterocycles. The summed E-state index contributed by atoms with van der Waals surface area (Å²) >= 11 is 4.17. The number of thiol groups is 1. The van der Waals surface area contributed by atoms with Crippen molar-refractivity contribution in [3.63, 3.8) is 0 Å². The second-order valence-electron chi connectivity index (χ2n) is 4.83. The molecular weight excluding hydrogens is 234 g/mol. The molecule has 0 bridgehead atoms. The summed E-state index contributed by atoms with van der Waals surface area (Å²) in [6.45, 7) is 6.56. The first-order chi connectivity index (χ1) is 8.13. The van der Waals surface area contributed by atoms with Gasteiger partial charge >= 0.3 is 0 Å². The van der Waals surface area contributed by atoms with Crippen LogP contribution in [0.25, 0.3) is 0 Å². The fourth-order valence-corrected chi connectivity index (χ4v) is 2.05. The normalized spacial score (nSPS) is 14.8. The Labute approximate surface area is 108 Å². The molecular formula is C13H19NO2S. The zero-order valence-corrected chi connectivity index (χ0v) is 11.2. The van der Waals surface area contributed by atoms with E-state index in [1.807, 2.05) is 6.07 Å². The van der Waals surface area contributed by atoms with Gasteiger partial charge in [0.25, 0.3) is 0 Å². The highest BCUT2D eigenvalue weighted by Crippen LogP contribution is 2.34. The average Bonchev–Trinajstić information content (AvgIpc) is 2.36. The van der Waals surface area contributed by atoms with Crippen LogP contribution in [0.5, 0.6) is 11.5 Å². The molecule has 0 aliphatic carbocycles. The van der Waals surface area contributed by atoms with Crippen molar-refractivity contribution in [1.29, 1.82) is 0 Å².